The maximum absolute atomic E-state index is 14.0. The van der Waals surface area contributed by atoms with Gasteiger partial charge in [-0.15, -0.1) is 0 Å². The fourth-order valence-electron chi connectivity index (χ4n) is 5.66. The molecule has 0 bridgehead atoms. The molecule has 1 unspecified atom stereocenters. The molecule has 1 aliphatic rings. The van der Waals surface area contributed by atoms with Crippen molar-refractivity contribution in [3.05, 3.63) is 96.1 Å². The van der Waals surface area contributed by atoms with Gasteiger partial charge in [-0.3, -0.25) is 13.9 Å². The lowest BCUT2D eigenvalue weighted by Crippen LogP contribution is -2.52. The number of rotatable bonds is 14. The number of benzene rings is 3. The second-order valence-electron chi connectivity index (χ2n) is 11.2. The largest absolute Gasteiger partial charge is 0.497 e. The number of amides is 2. The number of carbonyl (C=O) groups excluding carboxylic acids is 2. The lowest BCUT2D eigenvalue weighted by atomic mass is 9.94. The zero-order chi connectivity index (χ0) is 30.7. The monoisotopic (exact) mass is 605 g/mol. The van der Waals surface area contributed by atoms with E-state index in [9.17, 15) is 18.0 Å². The van der Waals surface area contributed by atoms with E-state index in [1.807, 2.05) is 60.7 Å². The Kier molecular flexibility index (Phi) is 11.6. The number of hydrogen-bond acceptors (Lipinski definition) is 5. The first kappa shape index (κ1) is 32.1. The van der Waals surface area contributed by atoms with Crippen LogP contribution in [-0.2, 0) is 32.6 Å². The minimum atomic E-state index is -3.55. The summed E-state index contributed by atoms with van der Waals surface area (Å²) in [5.41, 5.74) is 2.36. The summed E-state index contributed by atoms with van der Waals surface area (Å²) in [6, 6.07) is 25.5. The Morgan fingerprint density at radius 1 is 0.907 bits per heavy atom. The summed E-state index contributed by atoms with van der Waals surface area (Å²) in [4.78, 5) is 29.7. The first-order valence-electron chi connectivity index (χ1n) is 15.0. The summed E-state index contributed by atoms with van der Waals surface area (Å²) < 4.78 is 31.9. The molecule has 0 heterocycles. The number of para-hydroxylation sites is 1. The van der Waals surface area contributed by atoms with Crippen molar-refractivity contribution in [2.75, 3.05) is 24.2 Å². The maximum atomic E-state index is 14.0. The molecule has 3 aromatic carbocycles. The number of nitrogens with one attached hydrogen (secondary N) is 1. The maximum Gasteiger partial charge on any atom is 0.243 e. The minimum absolute atomic E-state index is 0.0881. The Morgan fingerprint density at radius 2 is 1.56 bits per heavy atom. The first-order chi connectivity index (χ1) is 20.7. The molecule has 0 radical (unpaired) electrons. The van der Waals surface area contributed by atoms with E-state index in [0.29, 0.717) is 24.3 Å². The van der Waals surface area contributed by atoms with Crippen LogP contribution in [0.3, 0.4) is 0 Å². The predicted octanol–water partition coefficient (Wildman–Crippen LogP) is 5.33. The van der Waals surface area contributed by atoms with Gasteiger partial charge in [-0.25, -0.2) is 8.42 Å². The van der Waals surface area contributed by atoms with Crippen molar-refractivity contribution in [3.63, 3.8) is 0 Å². The van der Waals surface area contributed by atoms with E-state index < -0.39 is 16.1 Å². The summed E-state index contributed by atoms with van der Waals surface area (Å²) in [5, 5.41) is 3.25. The lowest BCUT2D eigenvalue weighted by molar-refractivity contribution is -0.141. The number of sulfonamides is 1. The zero-order valence-corrected chi connectivity index (χ0v) is 26.0. The van der Waals surface area contributed by atoms with Gasteiger partial charge in [0.05, 0.1) is 19.1 Å². The Hall–Kier alpha value is -3.85. The molecule has 0 saturated heterocycles. The molecule has 1 atom stereocenters. The Labute approximate surface area is 256 Å². The van der Waals surface area contributed by atoms with Gasteiger partial charge in [0, 0.05) is 32.0 Å². The molecule has 9 heteroatoms. The van der Waals surface area contributed by atoms with Crippen LogP contribution in [0.4, 0.5) is 5.69 Å². The number of anilines is 1. The summed E-state index contributed by atoms with van der Waals surface area (Å²) in [6.07, 6.45) is 7.15. The number of nitrogens with zero attached hydrogens (tertiary/aromatic N) is 2. The van der Waals surface area contributed by atoms with Crippen LogP contribution in [0.25, 0.3) is 0 Å². The molecule has 3 aromatic rings. The van der Waals surface area contributed by atoms with Gasteiger partial charge in [-0.1, -0.05) is 79.9 Å². The van der Waals surface area contributed by atoms with Crippen LogP contribution < -0.4 is 14.4 Å². The average molecular weight is 606 g/mol. The van der Waals surface area contributed by atoms with Crippen molar-refractivity contribution in [3.8, 4) is 5.75 Å². The van der Waals surface area contributed by atoms with Crippen molar-refractivity contribution < 1.29 is 22.7 Å². The molecule has 43 heavy (non-hydrogen) atoms. The van der Waals surface area contributed by atoms with E-state index >= 15 is 0 Å². The molecule has 2 amide bonds. The van der Waals surface area contributed by atoms with Gasteiger partial charge in [0.1, 0.15) is 11.8 Å². The Morgan fingerprint density at radius 3 is 2.21 bits per heavy atom. The molecule has 230 valence electrons. The topological polar surface area (TPSA) is 96.0 Å². The predicted molar refractivity (Wildman–Crippen MR) is 170 cm³/mol. The van der Waals surface area contributed by atoms with Crippen LogP contribution in [0.5, 0.6) is 5.75 Å². The standard InChI is InChI=1S/C34H43N3O5S/c1-42-31-21-12-16-28(24-31)26-36(33(38)22-13-23-37(43(2,40)41)30-19-10-5-11-20-30)32(25-27-14-6-3-7-15-27)34(39)35-29-17-8-4-9-18-29/h3,5-7,10-12,14-16,19-21,24,29,32H,4,8-9,13,17-18,22-23,25-26H2,1-2H3,(H,35,39). The number of methoxy groups -OCH3 is 1. The molecule has 1 aliphatic carbocycles. The number of ether oxygens (including phenoxy) is 1. The smallest absolute Gasteiger partial charge is 0.243 e. The normalized spacial score (nSPS) is 14.5. The van der Waals surface area contributed by atoms with E-state index in [1.165, 1.54) is 17.0 Å². The highest BCUT2D eigenvalue weighted by molar-refractivity contribution is 7.92. The van der Waals surface area contributed by atoms with Gasteiger partial charge < -0.3 is 15.0 Å². The highest BCUT2D eigenvalue weighted by Crippen LogP contribution is 2.23. The molecule has 1 saturated carbocycles. The quantitative estimate of drug-likeness (QED) is 0.268. The van der Waals surface area contributed by atoms with Crippen molar-refractivity contribution in [1.29, 1.82) is 0 Å². The van der Waals surface area contributed by atoms with Gasteiger partial charge in [0.25, 0.3) is 0 Å². The Balaban J connectivity index is 1.60. The van der Waals surface area contributed by atoms with E-state index in [2.05, 4.69) is 5.32 Å². The average Bonchev–Trinajstić information content (AvgIpc) is 3.01. The molecule has 8 nitrogen and oxygen atoms in total. The number of hydrogen-bond donors (Lipinski definition) is 1. The second kappa shape index (κ2) is 15.6. The molecule has 1 N–H and O–H groups in total. The van der Waals surface area contributed by atoms with Crippen molar-refractivity contribution >= 4 is 27.5 Å². The third kappa shape index (κ3) is 9.58. The summed E-state index contributed by atoms with van der Waals surface area (Å²) in [5.74, 6) is 0.306. The fraction of sp³-hybridized carbons (Fsp3) is 0.412. The summed E-state index contributed by atoms with van der Waals surface area (Å²) in [6.45, 7) is 0.374. The van der Waals surface area contributed by atoms with E-state index in [-0.39, 0.29) is 37.4 Å². The van der Waals surface area contributed by atoms with Gasteiger partial charge in [0.15, 0.2) is 0 Å². The van der Waals surface area contributed by atoms with E-state index in [4.69, 9.17) is 4.74 Å². The molecule has 1 fully saturated rings. The van der Waals surface area contributed by atoms with Crippen LogP contribution in [0.1, 0.15) is 56.1 Å². The van der Waals surface area contributed by atoms with Gasteiger partial charge in [-0.05, 0) is 54.7 Å². The molecular weight excluding hydrogens is 562 g/mol. The molecule has 0 spiro atoms. The van der Waals surface area contributed by atoms with Crippen LogP contribution in [0.15, 0.2) is 84.9 Å². The Bertz CT molecular complexity index is 1430. The number of carbonyl (C=O) groups is 2. The van der Waals surface area contributed by atoms with Crippen LogP contribution in [-0.4, -0.2) is 57.1 Å². The summed E-state index contributed by atoms with van der Waals surface area (Å²) in [7, 11) is -1.95. The van der Waals surface area contributed by atoms with Crippen LogP contribution >= 0.6 is 0 Å². The van der Waals surface area contributed by atoms with Gasteiger partial charge in [-0.2, -0.15) is 0 Å². The van der Waals surface area contributed by atoms with E-state index in [0.717, 1.165) is 36.8 Å². The van der Waals surface area contributed by atoms with Crippen molar-refractivity contribution in [2.45, 2.75) is 70.0 Å². The van der Waals surface area contributed by atoms with Crippen LogP contribution in [0.2, 0.25) is 0 Å². The SMILES string of the molecule is COc1cccc(CN(C(=O)CCCN(c2ccccc2)S(C)(=O)=O)C(Cc2ccccc2)C(=O)NC2CCCCC2)c1. The third-order valence-corrected chi connectivity index (χ3v) is 9.10. The summed E-state index contributed by atoms with van der Waals surface area (Å²) >= 11 is 0. The van der Waals surface area contributed by atoms with Gasteiger partial charge in [0.2, 0.25) is 21.8 Å². The third-order valence-electron chi connectivity index (χ3n) is 7.91. The fourth-order valence-corrected chi connectivity index (χ4v) is 6.63. The molecule has 4 rings (SSSR count). The highest BCUT2D eigenvalue weighted by Gasteiger charge is 2.32. The molecule has 0 aromatic heterocycles. The first-order valence-corrected chi connectivity index (χ1v) is 16.9. The highest BCUT2D eigenvalue weighted by atomic mass is 32.2. The van der Waals surface area contributed by atoms with Gasteiger partial charge >= 0.3 is 0 Å². The lowest BCUT2D eigenvalue weighted by Gasteiger charge is -2.34. The second-order valence-corrected chi connectivity index (χ2v) is 13.1. The zero-order valence-electron chi connectivity index (χ0n) is 25.2. The van der Waals surface area contributed by atoms with Crippen molar-refractivity contribution in [2.24, 2.45) is 0 Å². The molecular formula is C34H43N3O5S. The van der Waals surface area contributed by atoms with E-state index in [1.54, 1.807) is 36.3 Å². The van der Waals surface area contributed by atoms with Crippen molar-refractivity contribution in [1.82, 2.24) is 10.2 Å². The minimum Gasteiger partial charge on any atom is -0.497 e. The molecule has 0 aliphatic heterocycles. The van der Waals surface area contributed by atoms with Crippen LogP contribution in [0, 0.1) is 0 Å².